The Kier molecular flexibility index (Phi) is 4.77. The van der Waals surface area contributed by atoms with Gasteiger partial charge < -0.3 is 10.6 Å². The fourth-order valence-corrected chi connectivity index (χ4v) is 1.81. The van der Waals surface area contributed by atoms with Gasteiger partial charge in [-0.15, -0.1) is 0 Å². The van der Waals surface area contributed by atoms with E-state index in [4.69, 9.17) is 11.6 Å². The van der Waals surface area contributed by atoms with Crippen molar-refractivity contribution < 1.29 is 4.39 Å². The van der Waals surface area contributed by atoms with E-state index in [0.717, 1.165) is 31.1 Å². The molecule has 0 bridgehead atoms. The number of rotatable bonds is 7. The van der Waals surface area contributed by atoms with Gasteiger partial charge in [0, 0.05) is 12.6 Å². The van der Waals surface area contributed by atoms with Crippen molar-refractivity contribution in [3.8, 4) is 0 Å². The average Bonchev–Trinajstić information content (AvgIpc) is 3.12. The Hall–Kier alpha value is -0.640. The molecule has 1 fully saturated rings. The fourth-order valence-electron chi connectivity index (χ4n) is 1.69. The van der Waals surface area contributed by atoms with Crippen LogP contribution in [0.3, 0.4) is 0 Å². The third-order valence-electron chi connectivity index (χ3n) is 2.85. The molecule has 1 aromatic carbocycles. The lowest BCUT2D eigenvalue weighted by molar-refractivity contribution is 0.589. The van der Waals surface area contributed by atoms with Gasteiger partial charge >= 0.3 is 0 Å². The van der Waals surface area contributed by atoms with Crippen molar-refractivity contribution in [1.82, 2.24) is 10.6 Å². The highest BCUT2D eigenvalue weighted by atomic mass is 35.5. The molecule has 0 unspecified atom stereocenters. The molecular weight excluding hydrogens is 239 g/mol. The summed E-state index contributed by atoms with van der Waals surface area (Å²) >= 11 is 5.62. The van der Waals surface area contributed by atoms with Gasteiger partial charge in [-0.2, -0.15) is 0 Å². The minimum absolute atomic E-state index is 0.183. The van der Waals surface area contributed by atoms with E-state index in [1.165, 1.54) is 18.9 Å². The summed E-state index contributed by atoms with van der Waals surface area (Å²) in [6.07, 6.45) is 3.77. The number of hydrogen-bond donors (Lipinski definition) is 2. The summed E-state index contributed by atoms with van der Waals surface area (Å²) < 4.78 is 13.1. The highest BCUT2D eigenvalue weighted by molar-refractivity contribution is 6.30. The molecule has 2 N–H and O–H groups in total. The van der Waals surface area contributed by atoms with Crippen molar-refractivity contribution in [1.29, 1.82) is 0 Å². The maximum absolute atomic E-state index is 13.1. The van der Waals surface area contributed by atoms with Crippen LogP contribution in [0.25, 0.3) is 0 Å². The summed E-state index contributed by atoms with van der Waals surface area (Å²) in [5.41, 5.74) is 0.932. The minimum Gasteiger partial charge on any atom is -0.314 e. The highest BCUT2D eigenvalue weighted by Crippen LogP contribution is 2.18. The Morgan fingerprint density at radius 2 is 2.12 bits per heavy atom. The van der Waals surface area contributed by atoms with Crippen LogP contribution in [0.4, 0.5) is 4.39 Å². The predicted molar refractivity (Wildman–Crippen MR) is 68.8 cm³/mol. The lowest BCUT2D eigenvalue weighted by Gasteiger charge is -2.06. The van der Waals surface area contributed by atoms with Gasteiger partial charge in [0.05, 0.1) is 5.02 Å². The first-order valence-corrected chi connectivity index (χ1v) is 6.51. The van der Waals surface area contributed by atoms with Gasteiger partial charge in [-0.1, -0.05) is 17.7 Å². The highest BCUT2D eigenvalue weighted by Gasteiger charge is 2.19. The number of halogens is 2. The number of hydrogen-bond acceptors (Lipinski definition) is 2. The second-order valence-electron chi connectivity index (χ2n) is 4.51. The van der Waals surface area contributed by atoms with Gasteiger partial charge in [0.15, 0.2) is 0 Å². The Balaban J connectivity index is 1.58. The zero-order valence-electron chi connectivity index (χ0n) is 9.81. The first-order valence-electron chi connectivity index (χ1n) is 6.14. The average molecular weight is 257 g/mol. The van der Waals surface area contributed by atoms with E-state index in [-0.39, 0.29) is 10.8 Å². The van der Waals surface area contributed by atoms with Crippen LogP contribution in [0.15, 0.2) is 18.2 Å². The van der Waals surface area contributed by atoms with Crippen LogP contribution in [0, 0.1) is 5.82 Å². The molecular formula is C13H18ClFN2. The standard InChI is InChI=1S/C13H18ClFN2/c14-12-5-2-10(8-13(12)15)9-16-6-1-7-17-11-3-4-11/h2,5,8,11,16-17H,1,3-4,6-7,9H2. The Morgan fingerprint density at radius 3 is 2.82 bits per heavy atom. The quantitative estimate of drug-likeness (QED) is 0.733. The van der Waals surface area contributed by atoms with Crippen molar-refractivity contribution in [2.75, 3.05) is 13.1 Å². The molecule has 0 aromatic heterocycles. The zero-order chi connectivity index (χ0) is 12.1. The molecule has 0 spiro atoms. The first kappa shape index (κ1) is 12.8. The second-order valence-corrected chi connectivity index (χ2v) is 4.91. The summed E-state index contributed by atoms with van der Waals surface area (Å²) in [5.74, 6) is -0.346. The van der Waals surface area contributed by atoms with Gasteiger partial charge in [-0.05, 0) is 50.0 Å². The third kappa shape index (κ3) is 4.62. The molecule has 0 radical (unpaired) electrons. The van der Waals surface area contributed by atoms with Crippen LogP contribution in [0.1, 0.15) is 24.8 Å². The Morgan fingerprint density at radius 1 is 1.29 bits per heavy atom. The van der Waals surface area contributed by atoms with E-state index < -0.39 is 0 Å². The summed E-state index contributed by atoms with van der Waals surface area (Å²) in [7, 11) is 0. The summed E-state index contributed by atoms with van der Waals surface area (Å²) in [4.78, 5) is 0. The van der Waals surface area contributed by atoms with Crippen molar-refractivity contribution in [2.45, 2.75) is 31.8 Å². The molecule has 1 saturated carbocycles. The summed E-state index contributed by atoms with van der Waals surface area (Å²) in [5, 5.41) is 6.93. The van der Waals surface area contributed by atoms with Gasteiger partial charge in [0.1, 0.15) is 5.82 Å². The van der Waals surface area contributed by atoms with E-state index in [1.54, 1.807) is 6.07 Å². The summed E-state index contributed by atoms with van der Waals surface area (Å²) in [6, 6.07) is 5.71. The SMILES string of the molecule is Fc1cc(CNCCCNC2CC2)ccc1Cl. The van der Waals surface area contributed by atoms with Crippen LogP contribution in [0.2, 0.25) is 5.02 Å². The van der Waals surface area contributed by atoms with Crippen LogP contribution in [-0.4, -0.2) is 19.1 Å². The third-order valence-corrected chi connectivity index (χ3v) is 3.16. The van der Waals surface area contributed by atoms with Crippen molar-refractivity contribution in [2.24, 2.45) is 0 Å². The Labute approximate surface area is 107 Å². The molecule has 0 saturated heterocycles. The molecule has 17 heavy (non-hydrogen) atoms. The molecule has 1 aliphatic carbocycles. The molecule has 2 nitrogen and oxygen atoms in total. The van der Waals surface area contributed by atoms with Crippen LogP contribution >= 0.6 is 11.6 Å². The molecule has 0 amide bonds. The monoisotopic (exact) mass is 256 g/mol. The number of nitrogens with one attached hydrogen (secondary N) is 2. The molecule has 1 aromatic rings. The minimum atomic E-state index is -0.346. The zero-order valence-corrected chi connectivity index (χ0v) is 10.6. The van der Waals surface area contributed by atoms with E-state index >= 15 is 0 Å². The van der Waals surface area contributed by atoms with E-state index in [1.807, 2.05) is 6.07 Å². The van der Waals surface area contributed by atoms with E-state index in [9.17, 15) is 4.39 Å². The van der Waals surface area contributed by atoms with Crippen LogP contribution in [0.5, 0.6) is 0 Å². The fraction of sp³-hybridized carbons (Fsp3) is 0.538. The molecule has 0 atom stereocenters. The first-order chi connectivity index (χ1) is 8.25. The largest absolute Gasteiger partial charge is 0.314 e. The lowest BCUT2D eigenvalue weighted by atomic mass is 10.2. The molecule has 1 aliphatic rings. The maximum Gasteiger partial charge on any atom is 0.142 e. The topological polar surface area (TPSA) is 24.1 Å². The number of benzene rings is 1. The van der Waals surface area contributed by atoms with Crippen molar-refractivity contribution >= 4 is 11.6 Å². The van der Waals surface area contributed by atoms with E-state index in [2.05, 4.69) is 10.6 Å². The lowest BCUT2D eigenvalue weighted by Crippen LogP contribution is -2.23. The molecule has 0 aliphatic heterocycles. The van der Waals surface area contributed by atoms with Crippen LogP contribution < -0.4 is 10.6 Å². The maximum atomic E-state index is 13.1. The molecule has 2 rings (SSSR count). The summed E-state index contributed by atoms with van der Waals surface area (Å²) in [6.45, 7) is 2.70. The smallest absolute Gasteiger partial charge is 0.142 e. The van der Waals surface area contributed by atoms with Gasteiger partial charge in [-0.3, -0.25) is 0 Å². The molecule has 4 heteroatoms. The van der Waals surface area contributed by atoms with Gasteiger partial charge in [0.25, 0.3) is 0 Å². The van der Waals surface area contributed by atoms with Crippen molar-refractivity contribution in [3.05, 3.63) is 34.6 Å². The van der Waals surface area contributed by atoms with Crippen molar-refractivity contribution in [3.63, 3.8) is 0 Å². The normalized spacial score (nSPS) is 15.2. The van der Waals surface area contributed by atoms with Crippen LogP contribution in [-0.2, 0) is 6.54 Å². The molecule has 94 valence electrons. The Bertz CT molecular complexity index is 366. The van der Waals surface area contributed by atoms with Gasteiger partial charge in [-0.25, -0.2) is 4.39 Å². The molecule has 0 heterocycles. The predicted octanol–water partition coefficient (Wildman–Crippen LogP) is 2.71. The second kappa shape index (κ2) is 6.34. The van der Waals surface area contributed by atoms with Gasteiger partial charge in [0.2, 0.25) is 0 Å². The van der Waals surface area contributed by atoms with E-state index in [0.29, 0.717) is 6.54 Å².